The van der Waals surface area contributed by atoms with E-state index >= 15 is 0 Å². The number of aryl methyl sites for hydroxylation is 1. The van der Waals surface area contributed by atoms with Crippen molar-refractivity contribution < 1.29 is 14.3 Å². The molecule has 0 spiro atoms. The minimum absolute atomic E-state index is 0.0355. The molecule has 0 radical (unpaired) electrons. The molecule has 1 unspecified atom stereocenters. The number of nitrogens with one attached hydrogen (secondary N) is 1. The second kappa shape index (κ2) is 5.29. The number of carbonyl (C=O) groups is 2. The molecule has 1 amide bonds. The Morgan fingerprint density at radius 2 is 2.37 bits per heavy atom. The molecule has 1 aliphatic rings. The summed E-state index contributed by atoms with van der Waals surface area (Å²) in [5.41, 5.74) is 6.14. The highest BCUT2D eigenvalue weighted by molar-refractivity contribution is 5.92. The summed E-state index contributed by atoms with van der Waals surface area (Å²) in [4.78, 5) is 27.1. The second-order valence-corrected chi connectivity index (χ2v) is 4.48. The van der Waals surface area contributed by atoms with Gasteiger partial charge in [0.05, 0.1) is 12.6 Å². The molecule has 3 N–H and O–H groups in total. The molecular formula is C12H18N4O3. The molecule has 2 heterocycles. The summed E-state index contributed by atoms with van der Waals surface area (Å²) in [6.45, 7) is 4.30. The Bertz CT molecular complexity index is 499. The highest BCUT2D eigenvalue weighted by atomic mass is 16.5. The van der Waals surface area contributed by atoms with Crippen LogP contribution in [0.2, 0.25) is 0 Å². The number of nitrogens with two attached hydrogens (primary N) is 1. The first-order chi connectivity index (χ1) is 9.04. The highest BCUT2D eigenvalue weighted by Gasteiger charge is 2.26. The molecule has 1 aromatic heterocycles. The molecule has 7 nitrogen and oxygen atoms in total. The largest absolute Gasteiger partial charge is 0.461 e. The highest BCUT2D eigenvalue weighted by Crippen LogP contribution is 2.25. The van der Waals surface area contributed by atoms with E-state index < -0.39 is 5.97 Å². The van der Waals surface area contributed by atoms with Crippen LogP contribution in [0, 0.1) is 6.92 Å². The molecule has 1 aromatic rings. The lowest BCUT2D eigenvalue weighted by molar-refractivity contribution is -0.122. The van der Waals surface area contributed by atoms with E-state index in [1.165, 1.54) is 0 Å². The fraction of sp³-hybridized carbons (Fsp3) is 0.583. The van der Waals surface area contributed by atoms with Crippen LogP contribution in [0.3, 0.4) is 0 Å². The van der Waals surface area contributed by atoms with Crippen molar-refractivity contribution in [1.82, 2.24) is 14.9 Å². The third kappa shape index (κ3) is 2.54. The van der Waals surface area contributed by atoms with Gasteiger partial charge in [0.15, 0.2) is 5.69 Å². The summed E-state index contributed by atoms with van der Waals surface area (Å²) < 4.78 is 6.71. The van der Waals surface area contributed by atoms with E-state index in [0.717, 1.165) is 0 Å². The maximum atomic E-state index is 11.7. The van der Waals surface area contributed by atoms with E-state index in [0.29, 0.717) is 31.0 Å². The van der Waals surface area contributed by atoms with Crippen LogP contribution in [-0.4, -0.2) is 34.6 Å². The van der Waals surface area contributed by atoms with E-state index in [1.54, 1.807) is 18.4 Å². The number of ether oxygens (including phenoxy) is 1. The van der Waals surface area contributed by atoms with Crippen molar-refractivity contribution in [1.29, 1.82) is 0 Å². The first-order valence-electron chi connectivity index (χ1n) is 6.32. The summed E-state index contributed by atoms with van der Waals surface area (Å²) in [7, 11) is 0. The Kier molecular flexibility index (Phi) is 3.73. The smallest absolute Gasteiger partial charge is 0.360 e. The average Bonchev–Trinajstić information content (AvgIpc) is 2.67. The van der Waals surface area contributed by atoms with Crippen LogP contribution in [0.15, 0.2) is 0 Å². The van der Waals surface area contributed by atoms with E-state index in [4.69, 9.17) is 10.5 Å². The van der Waals surface area contributed by atoms with Gasteiger partial charge in [-0.3, -0.25) is 4.79 Å². The summed E-state index contributed by atoms with van der Waals surface area (Å²) in [5, 5.41) is 2.79. The van der Waals surface area contributed by atoms with Crippen LogP contribution in [0.25, 0.3) is 0 Å². The summed E-state index contributed by atoms with van der Waals surface area (Å²) in [6, 6.07) is 0.0355. The molecule has 0 aromatic carbocycles. The van der Waals surface area contributed by atoms with E-state index in [1.807, 2.05) is 0 Å². The molecule has 19 heavy (non-hydrogen) atoms. The van der Waals surface area contributed by atoms with Gasteiger partial charge in [-0.05, 0) is 20.3 Å². The molecule has 104 valence electrons. The Morgan fingerprint density at radius 3 is 2.95 bits per heavy atom. The number of rotatable bonds is 3. The molecule has 0 aliphatic carbocycles. The standard InChI is InChI=1S/C12H18N4O3/c1-3-19-12(18)10-11(13)16(7(2)15-10)8-4-5-9(17)14-6-8/h8H,3-6,13H2,1-2H3,(H,14,17). The predicted octanol–water partition coefficient (Wildman–Crippen LogP) is 0.402. The maximum Gasteiger partial charge on any atom is 0.360 e. The van der Waals surface area contributed by atoms with Crippen LogP contribution in [0.1, 0.15) is 42.1 Å². The zero-order valence-corrected chi connectivity index (χ0v) is 11.1. The third-order valence-electron chi connectivity index (χ3n) is 3.20. The maximum absolute atomic E-state index is 11.7. The van der Waals surface area contributed by atoms with Crippen molar-refractivity contribution in [2.45, 2.75) is 32.7 Å². The van der Waals surface area contributed by atoms with Crippen molar-refractivity contribution in [2.24, 2.45) is 0 Å². The Hall–Kier alpha value is -2.05. The van der Waals surface area contributed by atoms with Gasteiger partial charge in [0.1, 0.15) is 11.6 Å². The summed E-state index contributed by atoms with van der Waals surface area (Å²) in [6.07, 6.45) is 1.14. The van der Waals surface area contributed by atoms with Crippen molar-refractivity contribution in [3.8, 4) is 0 Å². The lowest BCUT2D eigenvalue weighted by Crippen LogP contribution is -2.36. The number of nitrogens with zero attached hydrogens (tertiary/aromatic N) is 2. The molecule has 1 saturated heterocycles. The van der Waals surface area contributed by atoms with Crippen molar-refractivity contribution in [3.05, 3.63) is 11.5 Å². The molecule has 2 rings (SSSR count). The number of hydrogen-bond acceptors (Lipinski definition) is 5. The number of piperidine rings is 1. The fourth-order valence-electron chi connectivity index (χ4n) is 2.31. The SMILES string of the molecule is CCOC(=O)c1nc(C)n(C2CCC(=O)NC2)c1N. The molecule has 1 atom stereocenters. The van der Waals surface area contributed by atoms with Crippen LogP contribution in [0.5, 0.6) is 0 Å². The lowest BCUT2D eigenvalue weighted by atomic mass is 10.1. The third-order valence-corrected chi connectivity index (χ3v) is 3.20. The minimum Gasteiger partial charge on any atom is -0.461 e. The summed E-state index contributed by atoms with van der Waals surface area (Å²) in [5.74, 6) is 0.485. The topological polar surface area (TPSA) is 99.2 Å². The second-order valence-electron chi connectivity index (χ2n) is 4.48. The van der Waals surface area contributed by atoms with Crippen molar-refractivity contribution in [3.63, 3.8) is 0 Å². The lowest BCUT2D eigenvalue weighted by Gasteiger charge is -2.25. The van der Waals surface area contributed by atoms with Crippen LogP contribution in [-0.2, 0) is 9.53 Å². The first kappa shape index (κ1) is 13.4. The molecule has 7 heteroatoms. The van der Waals surface area contributed by atoms with Gasteiger partial charge < -0.3 is 20.4 Å². The van der Waals surface area contributed by atoms with E-state index in [2.05, 4.69) is 10.3 Å². The number of carbonyl (C=O) groups excluding carboxylic acids is 2. The average molecular weight is 266 g/mol. The Labute approximate surface area is 111 Å². The van der Waals surface area contributed by atoms with Gasteiger partial charge in [0.25, 0.3) is 0 Å². The Morgan fingerprint density at radius 1 is 1.63 bits per heavy atom. The molecular weight excluding hydrogens is 248 g/mol. The van der Waals surface area contributed by atoms with E-state index in [9.17, 15) is 9.59 Å². The Balaban J connectivity index is 2.26. The van der Waals surface area contributed by atoms with Gasteiger partial charge in [-0.25, -0.2) is 9.78 Å². The number of nitrogen functional groups attached to an aromatic ring is 1. The van der Waals surface area contributed by atoms with Gasteiger partial charge in [0, 0.05) is 13.0 Å². The number of anilines is 1. The van der Waals surface area contributed by atoms with Gasteiger partial charge in [-0.15, -0.1) is 0 Å². The zero-order chi connectivity index (χ0) is 14.0. The number of amides is 1. The van der Waals surface area contributed by atoms with E-state index in [-0.39, 0.29) is 24.2 Å². The van der Waals surface area contributed by atoms with Gasteiger partial charge in [0.2, 0.25) is 5.91 Å². The van der Waals surface area contributed by atoms with Gasteiger partial charge >= 0.3 is 5.97 Å². The molecule has 0 bridgehead atoms. The number of hydrogen-bond donors (Lipinski definition) is 2. The van der Waals surface area contributed by atoms with Crippen molar-refractivity contribution >= 4 is 17.7 Å². The number of esters is 1. The van der Waals surface area contributed by atoms with Crippen molar-refractivity contribution in [2.75, 3.05) is 18.9 Å². The quantitative estimate of drug-likeness (QED) is 0.771. The monoisotopic (exact) mass is 266 g/mol. The predicted molar refractivity (Wildman–Crippen MR) is 68.6 cm³/mol. The van der Waals surface area contributed by atoms with Crippen LogP contribution in [0.4, 0.5) is 5.82 Å². The van der Waals surface area contributed by atoms with Gasteiger partial charge in [-0.2, -0.15) is 0 Å². The molecule has 1 aliphatic heterocycles. The fourth-order valence-corrected chi connectivity index (χ4v) is 2.31. The minimum atomic E-state index is -0.512. The number of aromatic nitrogens is 2. The zero-order valence-electron chi connectivity index (χ0n) is 11.1. The molecule has 0 saturated carbocycles. The van der Waals surface area contributed by atoms with Gasteiger partial charge in [-0.1, -0.05) is 0 Å². The first-order valence-corrected chi connectivity index (χ1v) is 6.32. The van der Waals surface area contributed by atoms with Crippen LogP contribution < -0.4 is 11.1 Å². The normalized spacial score (nSPS) is 19.1. The van der Waals surface area contributed by atoms with Crippen LogP contribution >= 0.6 is 0 Å². The summed E-state index contributed by atoms with van der Waals surface area (Å²) >= 11 is 0. The number of imidazole rings is 1. The molecule has 1 fully saturated rings.